The zero-order valence-corrected chi connectivity index (χ0v) is 18.3. The smallest absolute Gasteiger partial charge is 0.0386 e. The second-order valence-electron chi connectivity index (χ2n) is 9.10. The van der Waals surface area contributed by atoms with Crippen molar-refractivity contribution < 1.29 is 0 Å². The molecule has 0 heteroatoms. The molecular formula is C24H46. The summed E-state index contributed by atoms with van der Waals surface area (Å²) in [6.45, 7) is 22.4. The van der Waals surface area contributed by atoms with Gasteiger partial charge in [0.1, 0.15) is 0 Å². The first-order valence-electron chi connectivity index (χ1n) is 10.1. The van der Waals surface area contributed by atoms with Gasteiger partial charge in [-0.15, -0.1) is 0 Å². The van der Waals surface area contributed by atoms with Crippen LogP contribution < -0.4 is 0 Å². The summed E-state index contributed by atoms with van der Waals surface area (Å²) < 4.78 is 0. The molecule has 142 valence electrons. The van der Waals surface area contributed by atoms with Crippen LogP contribution in [0.5, 0.6) is 0 Å². The lowest BCUT2D eigenvalue weighted by Gasteiger charge is -2.40. The van der Waals surface area contributed by atoms with Gasteiger partial charge in [-0.05, 0) is 48.3 Å². The lowest BCUT2D eigenvalue weighted by atomic mass is 9.65. The topological polar surface area (TPSA) is 0 Å². The van der Waals surface area contributed by atoms with Gasteiger partial charge in [-0.3, -0.25) is 0 Å². The molecule has 1 aliphatic rings. The molecule has 1 aromatic carbocycles. The Balaban J connectivity index is 0. The molecule has 0 aromatic heterocycles. The van der Waals surface area contributed by atoms with Gasteiger partial charge in [0.25, 0.3) is 0 Å². The van der Waals surface area contributed by atoms with E-state index in [1.54, 1.807) is 0 Å². The minimum Gasteiger partial charge on any atom is -0.0630 e. The van der Waals surface area contributed by atoms with Crippen LogP contribution in [0.25, 0.3) is 0 Å². The summed E-state index contributed by atoms with van der Waals surface area (Å²) in [5, 5.41) is 0. The largest absolute Gasteiger partial charge is 0.0630 e. The minimum absolute atomic E-state index is 0.833. The van der Waals surface area contributed by atoms with E-state index in [1.165, 1.54) is 12.8 Å². The van der Waals surface area contributed by atoms with E-state index in [1.807, 2.05) is 36.4 Å². The Morgan fingerprint density at radius 1 is 0.458 bits per heavy atom. The molecule has 0 bridgehead atoms. The number of hydrogen-bond acceptors (Lipinski definition) is 0. The van der Waals surface area contributed by atoms with E-state index in [0.717, 1.165) is 35.5 Å². The van der Waals surface area contributed by atoms with Crippen LogP contribution in [-0.2, 0) is 0 Å². The van der Waals surface area contributed by atoms with E-state index >= 15 is 0 Å². The monoisotopic (exact) mass is 334 g/mol. The maximum Gasteiger partial charge on any atom is -0.0386 e. The fourth-order valence-electron chi connectivity index (χ4n) is 2.18. The van der Waals surface area contributed by atoms with E-state index < -0.39 is 0 Å². The van der Waals surface area contributed by atoms with E-state index in [-0.39, 0.29) is 0 Å². The SMILES string of the molecule is CC(C)C.CC(C)C.CC(C)C1CC(C(C)C)C1.c1ccccc1. The fourth-order valence-corrected chi connectivity index (χ4v) is 2.18. The third kappa shape index (κ3) is 19.3. The number of rotatable bonds is 2. The Labute approximate surface area is 154 Å². The highest BCUT2D eigenvalue weighted by atomic mass is 14.4. The predicted octanol–water partition coefficient (Wildman–Crippen LogP) is 8.34. The molecule has 24 heavy (non-hydrogen) atoms. The van der Waals surface area contributed by atoms with Gasteiger partial charge in [-0.1, -0.05) is 106 Å². The first-order chi connectivity index (χ1) is 11.1. The zero-order chi connectivity index (χ0) is 19.1. The van der Waals surface area contributed by atoms with Crippen LogP contribution >= 0.6 is 0 Å². The van der Waals surface area contributed by atoms with Crippen LogP contribution in [-0.4, -0.2) is 0 Å². The third-order valence-corrected chi connectivity index (χ3v) is 3.76. The highest BCUT2D eigenvalue weighted by Gasteiger charge is 2.32. The summed E-state index contributed by atoms with van der Waals surface area (Å²) >= 11 is 0. The molecule has 1 aliphatic carbocycles. The standard InChI is InChI=1S/C10H20.C6H6.2C4H10/c1-7(2)9-5-10(6-9)8(3)4;1-2-4-6-5-3-1;2*1-4(2)3/h7-10H,5-6H2,1-4H3;1-6H;2*4H,1-3H3. The summed E-state index contributed by atoms with van der Waals surface area (Å²) in [4.78, 5) is 0. The van der Waals surface area contributed by atoms with Gasteiger partial charge < -0.3 is 0 Å². The first-order valence-corrected chi connectivity index (χ1v) is 10.1. The van der Waals surface area contributed by atoms with Crippen molar-refractivity contribution in [2.45, 2.75) is 82.1 Å². The molecule has 1 aromatic rings. The highest BCUT2D eigenvalue weighted by molar-refractivity contribution is 4.99. The third-order valence-electron chi connectivity index (χ3n) is 3.76. The van der Waals surface area contributed by atoms with E-state index in [2.05, 4.69) is 69.2 Å². The van der Waals surface area contributed by atoms with Gasteiger partial charge in [0.05, 0.1) is 0 Å². The quantitative estimate of drug-likeness (QED) is 0.510. The molecule has 0 radical (unpaired) electrons. The molecule has 0 atom stereocenters. The second kappa shape index (κ2) is 15.7. The summed E-state index contributed by atoms with van der Waals surface area (Å²) in [5.74, 6) is 5.62. The summed E-state index contributed by atoms with van der Waals surface area (Å²) in [6, 6.07) is 12.0. The minimum atomic E-state index is 0.833. The molecule has 0 amide bonds. The lowest BCUT2D eigenvalue weighted by Crippen LogP contribution is -2.30. The Morgan fingerprint density at radius 3 is 0.750 bits per heavy atom. The maximum atomic E-state index is 2.35. The summed E-state index contributed by atoms with van der Waals surface area (Å²) in [5.41, 5.74) is 0. The van der Waals surface area contributed by atoms with Crippen molar-refractivity contribution in [2.75, 3.05) is 0 Å². The van der Waals surface area contributed by atoms with E-state index in [0.29, 0.717) is 0 Å². The Kier molecular flexibility index (Phi) is 16.7. The molecule has 0 nitrogen and oxygen atoms in total. The highest BCUT2D eigenvalue weighted by Crippen LogP contribution is 2.42. The van der Waals surface area contributed by atoms with Gasteiger partial charge in [0.15, 0.2) is 0 Å². The predicted molar refractivity (Wildman–Crippen MR) is 113 cm³/mol. The first kappa shape index (κ1) is 25.5. The zero-order valence-electron chi connectivity index (χ0n) is 18.3. The van der Waals surface area contributed by atoms with Crippen molar-refractivity contribution in [3.63, 3.8) is 0 Å². The lowest BCUT2D eigenvalue weighted by molar-refractivity contribution is 0.102. The fraction of sp³-hybridized carbons (Fsp3) is 0.750. The van der Waals surface area contributed by atoms with Crippen LogP contribution in [0.4, 0.5) is 0 Å². The van der Waals surface area contributed by atoms with Crippen molar-refractivity contribution in [3.05, 3.63) is 36.4 Å². The Hall–Kier alpha value is -0.780. The van der Waals surface area contributed by atoms with Gasteiger partial charge >= 0.3 is 0 Å². The average molecular weight is 335 g/mol. The van der Waals surface area contributed by atoms with Crippen LogP contribution in [0.2, 0.25) is 0 Å². The summed E-state index contributed by atoms with van der Waals surface area (Å²) in [6.07, 6.45) is 2.99. The second-order valence-corrected chi connectivity index (χ2v) is 9.10. The van der Waals surface area contributed by atoms with Gasteiger partial charge in [-0.2, -0.15) is 0 Å². The molecule has 1 saturated carbocycles. The van der Waals surface area contributed by atoms with Gasteiger partial charge in [-0.25, -0.2) is 0 Å². The van der Waals surface area contributed by atoms with Crippen LogP contribution in [0.15, 0.2) is 36.4 Å². The molecular weight excluding hydrogens is 288 g/mol. The van der Waals surface area contributed by atoms with Gasteiger partial charge in [0, 0.05) is 0 Å². The van der Waals surface area contributed by atoms with Crippen molar-refractivity contribution in [1.82, 2.24) is 0 Å². The van der Waals surface area contributed by atoms with Crippen molar-refractivity contribution >= 4 is 0 Å². The van der Waals surface area contributed by atoms with Crippen LogP contribution in [0, 0.1) is 35.5 Å². The average Bonchev–Trinajstić information content (AvgIpc) is 2.37. The molecule has 1 fully saturated rings. The van der Waals surface area contributed by atoms with Crippen molar-refractivity contribution in [1.29, 1.82) is 0 Å². The molecule has 0 heterocycles. The Morgan fingerprint density at radius 2 is 0.625 bits per heavy atom. The Bertz CT molecular complexity index is 278. The molecule has 0 saturated heterocycles. The molecule has 0 unspecified atom stereocenters. The van der Waals surface area contributed by atoms with Gasteiger partial charge in [0.2, 0.25) is 0 Å². The normalized spacial score (nSPS) is 18.8. The van der Waals surface area contributed by atoms with Crippen molar-refractivity contribution in [3.8, 4) is 0 Å². The van der Waals surface area contributed by atoms with Crippen LogP contribution in [0.3, 0.4) is 0 Å². The van der Waals surface area contributed by atoms with Crippen molar-refractivity contribution in [2.24, 2.45) is 35.5 Å². The maximum absolute atomic E-state index is 2.35. The molecule has 0 N–H and O–H groups in total. The molecule has 2 rings (SSSR count). The number of hydrogen-bond donors (Lipinski definition) is 0. The molecule has 0 spiro atoms. The summed E-state index contributed by atoms with van der Waals surface area (Å²) in [7, 11) is 0. The number of benzene rings is 1. The van der Waals surface area contributed by atoms with E-state index in [4.69, 9.17) is 0 Å². The van der Waals surface area contributed by atoms with E-state index in [9.17, 15) is 0 Å². The molecule has 0 aliphatic heterocycles. The van der Waals surface area contributed by atoms with Crippen LogP contribution in [0.1, 0.15) is 82.1 Å².